The number of Topliss-reactive ketones (excluding diaryl/α,β-unsaturated/α-hetero) is 1. The fraction of sp³-hybridized carbons (Fsp3) is 0.382. The van der Waals surface area contributed by atoms with Crippen molar-refractivity contribution in [1.29, 1.82) is 0 Å². The molecule has 0 saturated carbocycles. The number of alkyl halides is 3. The van der Waals surface area contributed by atoms with Crippen molar-refractivity contribution in [3.8, 4) is 17.0 Å². The third-order valence-electron chi connectivity index (χ3n) is 7.53. The molecule has 0 aliphatic heterocycles. The van der Waals surface area contributed by atoms with Crippen LogP contribution in [0.3, 0.4) is 0 Å². The molecule has 0 bridgehead atoms. The number of benzene rings is 2. The first-order valence-electron chi connectivity index (χ1n) is 15.4. The van der Waals surface area contributed by atoms with E-state index in [2.05, 4.69) is 25.6 Å². The van der Waals surface area contributed by atoms with Crippen molar-refractivity contribution in [2.45, 2.75) is 77.9 Å². The van der Waals surface area contributed by atoms with E-state index >= 15 is 0 Å². The smallest absolute Gasteiger partial charge is 0.490 e. The van der Waals surface area contributed by atoms with E-state index in [0.717, 1.165) is 64.1 Å². The number of methoxy groups -OCH3 is 1. The van der Waals surface area contributed by atoms with Crippen LogP contribution >= 0.6 is 0 Å². The van der Waals surface area contributed by atoms with Crippen LogP contribution in [-0.4, -0.2) is 56.9 Å². The molecule has 11 nitrogen and oxygen atoms in total. The molecular formula is C34H40F3N5O6. The number of ketones is 1. The molecule has 0 saturated heterocycles. The number of carboxylic acid groups (broad SMARTS) is 1. The second-order valence-electron chi connectivity index (χ2n) is 11.2. The fourth-order valence-electron chi connectivity index (χ4n) is 5.02. The Balaban J connectivity index is 0.000000804. The van der Waals surface area contributed by atoms with E-state index in [-0.39, 0.29) is 30.1 Å². The van der Waals surface area contributed by atoms with Crippen LogP contribution in [0.25, 0.3) is 22.2 Å². The Morgan fingerprint density at radius 2 is 1.71 bits per heavy atom. The summed E-state index contributed by atoms with van der Waals surface area (Å²) in [6.07, 6.45) is 1.35. The monoisotopic (exact) mass is 671 g/mol. The highest BCUT2D eigenvalue weighted by Gasteiger charge is 2.38. The fourth-order valence-corrected chi connectivity index (χ4v) is 5.02. The summed E-state index contributed by atoms with van der Waals surface area (Å²) in [7, 11) is 1.63. The average molecular weight is 672 g/mol. The Bertz CT molecular complexity index is 1710. The van der Waals surface area contributed by atoms with Gasteiger partial charge in [-0.3, -0.25) is 14.4 Å². The first-order valence-corrected chi connectivity index (χ1v) is 15.4. The SMILES string of the molecule is CCC(=O)CCCCC[C@H](NC(=O)Cc1c(C)[nH]c2ccc(OC)cc12)c1ncc(-c2ccc(NC(C)=O)cc2)[nH]1.O=C(O)C(F)(F)F. The van der Waals surface area contributed by atoms with E-state index in [4.69, 9.17) is 14.6 Å². The minimum Gasteiger partial charge on any atom is -0.497 e. The maximum absolute atomic E-state index is 13.4. The molecule has 1 atom stereocenters. The number of amides is 2. The predicted molar refractivity (Wildman–Crippen MR) is 175 cm³/mol. The number of aliphatic carboxylic acids is 1. The van der Waals surface area contributed by atoms with Crippen molar-refractivity contribution >= 4 is 40.2 Å². The number of H-pyrrole nitrogens is 2. The second-order valence-corrected chi connectivity index (χ2v) is 11.2. The number of aromatic nitrogens is 3. The Morgan fingerprint density at radius 1 is 1.02 bits per heavy atom. The van der Waals surface area contributed by atoms with Gasteiger partial charge in [-0.2, -0.15) is 13.2 Å². The number of nitrogens with zero attached hydrogens (tertiary/aromatic N) is 1. The molecule has 2 aromatic carbocycles. The maximum Gasteiger partial charge on any atom is 0.490 e. The molecule has 4 aromatic rings. The number of nitrogens with one attached hydrogen (secondary N) is 4. The number of carboxylic acids is 1. The van der Waals surface area contributed by atoms with Crippen LogP contribution in [0.5, 0.6) is 5.75 Å². The lowest BCUT2D eigenvalue weighted by Crippen LogP contribution is -2.30. The maximum atomic E-state index is 13.4. The molecule has 0 fully saturated rings. The quantitative estimate of drug-likeness (QED) is 0.0920. The van der Waals surface area contributed by atoms with E-state index < -0.39 is 12.1 Å². The third-order valence-corrected chi connectivity index (χ3v) is 7.53. The highest BCUT2D eigenvalue weighted by atomic mass is 19.4. The molecular weight excluding hydrogens is 631 g/mol. The van der Waals surface area contributed by atoms with E-state index in [9.17, 15) is 27.6 Å². The van der Waals surface area contributed by atoms with Crippen molar-refractivity contribution < 1.29 is 42.2 Å². The van der Waals surface area contributed by atoms with Gasteiger partial charge in [0.05, 0.1) is 31.5 Å². The second kappa shape index (κ2) is 17.1. The summed E-state index contributed by atoms with van der Waals surface area (Å²) in [5, 5.41) is 14.1. The van der Waals surface area contributed by atoms with Crippen molar-refractivity contribution in [1.82, 2.24) is 20.3 Å². The number of aryl methyl sites for hydroxylation is 1. The van der Waals surface area contributed by atoms with Gasteiger partial charge in [-0.1, -0.05) is 31.9 Å². The van der Waals surface area contributed by atoms with Gasteiger partial charge in [0.1, 0.15) is 17.4 Å². The van der Waals surface area contributed by atoms with E-state index in [1.807, 2.05) is 56.3 Å². The van der Waals surface area contributed by atoms with Crippen LogP contribution in [0.15, 0.2) is 48.7 Å². The Hall–Kier alpha value is -5.14. The van der Waals surface area contributed by atoms with E-state index in [0.29, 0.717) is 25.1 Å². The molecule has 4 rings (SSSR count). The summed E-state index contributed by atoms with van der Waals surface area (Å²) in [6.45, 7) is 5.34. The minimum absolute atomic E-state index is 0.0967. The van der Waals surface area contributed by atoms with Gasteiger partial charge in [-0.05, 0) is 61.2 Å². The number of fused-ring (bicyclic) bond motifs is 1. The van der Waals surface area contributed by atoms with Crippen LogP contribution in [0.2, 0.25) is 0 Å². The molecule has 2 amide bonds. The van der Waals surface area contributed by atoms with Crippen molar-refractivity contribution in [2.24, 2.45) is 0 Å². The number of aromatic amines is 2. The van der Waals surface area contributed by atoms with Crippen molar-refractivity contribution in [2.75, 3.05) is 12.4 Å². The van der Waals surface area contributed by atoms with Crippen molar-refractivity contribution in [3.05, 3.63) is 65.7 Å². The molecule has 48 heavy (non-hydrogen) atoms. The van der Waals surface area contributed by atoms with Gasteiger partial charge in [0.2, 0.25) is 11.8 Å². The zero-order valence-corrected chi connectivity index (χ0v) is 27.2. The Kier molecular flexibility index (Phi) is 13.3. The largest absolute Gasteiger partial charge is 0.497 e. The van der Waals surface area contributed by atoms with Gasteiger partial charge >= 0.3 is 12.1 Å². The van der Waals surface area contributed by atoms with Gasteiger partial charge in [-0.25, -0.2) is 9.78 Å². The van der Waals surface area contributed by atoms with E-state index in [1.54, 1.807) is 13.3 Å². The lowest BCUT2D eigenvalue weighted by molar-refractivity contribution is -0.192. The molecule has 0 radical (unpaired) electrons. The Morgan fingerprint density at radius 3 is 2.31 bits per heavy atom. The van der Waals surface area contributed by atoms with Crippen LogP contribution < -0.4 is 15.4 Å². The highest BCUT2D eigenvalue weighted by molar-refractivity contribution is 5.91. The van der Waals surface area contributed by atoms with Gasteiger partial charge in [0, 0.05) is 42.0 Å². The lowest BCUT2D eigenvalue weighted by atomic mass is 10.0. The number of halogens is 3. The van der Waals surface area contributed by atoms with Crippen LogP contribution in [0.1, 0.15) is 75.5 Å². The van der Waals surface area contributed by atoms with Gasteiger partial charge in [0.15, 0.2) is 0 Å². The first-order chi connectivity index (χ1) is 22.7. The predicted octanol–water partition coefficient (Wildman–Crippen LogP) is 6.80. The third kappa shape index (κ3) is 11.0. The average Bonchev–Trinajstić information content (AvgIpc) is 3.64. The standard InChI is InChI=1S/C32H39N5O4.C2HF3O2/c1-5-24(39)9-7-6-8-10-29(32-33-19-30(37-32)22-11-13-23(14-12-22)35-21(3)38)36-31(40)18-26-20(2)34-28-16-15-25(41-4)17-27(26)28;3-2(4,5)1(6)7/h11-17,19,29,34H,5-10,18H2,1-4H3,(H,33,37)(H,35,38)(H,36,40);(H,6,7)/t29-;/m0./s1. The summed E-state index contributed by atoms with van der Waals surface area (Å²) in [6, 6.07) is 13.0. The summed E-state index contributed by atoms with van der Waals surface area (Å²) in [5.74, 6) is -1.28. The number of anilines is 1. The molecule has 0 spiro atoms. The molecule has 0 unspecified atom stereocenters. The summed E-state index contributed by atoms with van der Waals surface area (Å²) < 4.78 is 37.1. The number of ether oxygens (including phenoxy) is 1. The number of unbranched alkanes of at least 4 members (excludes halogenated alkanes) is 2. The molecule has 5 N–H and O–H groups in total. The summed E-state index contributed by atoms with van der Waals surface area (Å²) in [5.41, 5.74) is 5.31. The number of hydrogen-bond acceptors (Lipinski definition) is 6. The highest BCUT2D eigenvalue weighted by Crippen LogP contribution is 2.28. The number of hydrogen-bond donors (Lipinski definition) is 5. The van der Waals surface area contributed by atoms with Crippen LogP contribution in [0, 0.1) is 6.92 Å². The van der Waals surface area contributed by atoms with E-state index in [1.165, 1.54) is 6.92 Å². The zero-order valence-electron chi connectivity index (χ0n) is 27.2. The normalized spacial score (nSPS) is 11.7. The van der Waals surface area contributed by atoms with Gasteiger partial charge in [0.25, 0.3) is 0 Å². The molecule has 14 heteroatoms. The van der Waals surface area contributed by atoms with Crippen LogP contribution in [0.4, 0.5) is 18.9 Å². The summed E-state index contributed by atoms with van der Waals surface area (Å²) >= 11 is 0. The Labute approximate surface area is 275 Å². The van der Waals surface area contributed by atoms with Gasteiger partial charge in [-0.15, -0.1) is 0 Å². The number of carbonyl (C=O) groups excluding carboxylic acids is 3. The molecule has 0 aliphatic rings. The molecule has 2 aromatic heterocycles. The number of carbonyl (C=O) groups is 4. The van der Waals surface area contributed by atoms with Crippen LogP contribution in [-0.2, 0) is 25.6 Å². The minimum atomic E-state index is -5.08. The van der Waals surface area contributed by atoms with Gasteiger partial charge < -0.3 is 30.4 Å². The molecule has 258 valence electrons. The molecule has 2 heterocycles. The van der Waals surface area contributed by atoms with Crippen molar-refractivity contribution in [3.63, 3.8) is 0 Å². The summed E-state index contributed by atoms with van der Waals surface area (Å²) in [4.78, 5) is 56.7. The lowest BCUT2D eigenvalue weighted by Gasteiger charge is -2.17. The topological polar surface area (TPSA) is 166 Å². The zero-order chi connectivity index (χ0) is 35.4. The first kappa shape index (κ1) is 37.3. The number of rotatable bonds is 14. The number of imidazole rings is 1. The molecule has 0 aliphatic carbocycles.